The molecule has 1 aromatic heterocycles. The molecule has 0 saturated carbocycles. The van der Waals surface area contributed by atoms with Crippen LogP contribution in [0.5, 0.6) is 0 Å². The van der Waals surface area contributed by atoms with Crippen molar-refractivity contribution in [2.24, 2.45) is 0 Å². The fraction of sp³-hybridized carbons (Fsp3) is 0.231. The first-order valence-corrected chi connectivity index (χ1v) is 5.73. The van der Waals surface area contributed by atoms with Gasteiger partial charge in [-0.25, -0.2) is 4.39 Å². The molecule has 90 valence electrons. The second kappa shape index (κ2) is 4.90. The fourth-order valence-electron chi connectivity index (χ4n) is 1.54. The third kappa shape index (κ3) is 2.51. The minimum Gasteiger partial charge on any atom is -0.458 e. The number of benzene rings is 1. The van der Waals surface area contributed by atoms with Crippen molar-refractivity contribution in [2.75, 3.05) is 0 Å². The van der Waals surface area contributed by atoms with Crippen molar-refractivity contribution in [3.8, 4) is 11.3 Å². The van der Waals surface area contributed by atoms with Gasteiger partial charge in [0.15, 0.2) is 0 Å². The second-order valence-electron chi connectivity index (χ2n) is 3.75. The average Bonchev–Trinajstić information content (AvgIpc) is 2.81. The predicted molar refractivity (Wildman–Crippen MR) is 64.4 cm³/mol. The molecule has 1 atom stereocenters. The van der Waals surface area contributed by atoms with Gasteiger partial charge in [-0.15, -0.1) is 0 Å². The topological polar surface area (TPSA) is 33.4 Å². The zero-order chi connectivity index (χ0) is 12.4. The smallest absolute Gasteiger partial charge is 0.141 e. The molecule has 1 unspecified atom stereocenters. The van der Waals surface area contributed by atoms with Gasteiger partial charge in [0, 0.05) is 5.56 Å². The summed E-state index contributed by atoms with van der Waals surface area (Å²) in [5.74, 6) is 0.605. The van der Waals surface area contributed by atoms with Gasteiger partial charge in [0.05, 0.1) is 5.02 Å². The highest BCUT2D eigenvalue weighted by Crippen LogP contribution is 2.29. The van der Waals surface area contributed by atoms with Crippen LogP contribution in [0.15, 0.2) is 34.7 Å². The van der Waals surface area contributed by atoms with E-state index in [-0.39, 0.29) is 5.02 Å². The van der Waals surface area contributed by atoms with Gasteiger partial charge in [0.25, 0.3) is 0 Å². The molecule has 17 heavy (non-hydrogen) atoms. The number of aliphatic hydroxyl groups excluding tert-OH is 1. The first kappa shape index (κ1) is 12.1. The molecule has 0 aliphatic carbocycles. The molecular weight excluding hydrogens is 243 g/mol. The molecule has 0 spiro atoms. The normalized spacial score (nSPS) is 12.7. The molecule has 0 fully saturated rings. The Bertz CT molecular complexity index is 522. The minimum atomic E-state index is -0.611. The summed E-state index contributed by atoms with van der Waals surface area (Å²) < 4.78 is 18.5. The molecule has 0 radical (unpaired) electrons. The maximum atomic E-state index is 13.0. The molecule has 1 heterocycles. The van der Waals surface area contributed by atoms with Crippen LogP contribution in [-0.2, 0) is 0 Å². The molecule has 2 aromatic rings. The minimum absolute atomic E-state index is 0.0523. The van der Waals surface area contributed by atoms with Gasteiger partial charge in [-0.2, -0.15) is 0 Å². The van der Waals surface area contributed by atoms with E-state index in [1.165, 1.54) is 12.1 Å². The Balaban J connectivity index is 2.33. The van der Waals surface area contributed by atoms with Crippen molar-refractivity contribution >= 4 is 11.6 Å². The van der Waals surface area contributed by atoms with E-state index in [1.807, 2.05) is 6.92 Å². The van der Waals surface area contributed by atoms with Crippen molar-refractivity contribution in [1.29, 1.82) is 0 Å². The zero-order valence-corrected chi connectivity index (χ0v) is 10.0. The van der Waals surface area contributed by atoms with Gasteiger partial charge in [0.1, 0.15) is 23.4 Å². The average molecular weight is 255 g/mol. The lowest BCUT2D eigenvalue weighted by molar-refractivity contribution is 0.147. The first-order valence-electron chi connectivity index (χ1n) is 5.35. The largest absolute Gasteiger partial charge is 0.458 e. The maximum absolute atomic E-state index is 13.0. The van der Waals surface area contributed by atoms with Crippen LogP contribution >= 0.6 is 11.6 Å². The SMILES string of the molecule is CCC(O)c1ccc(-c2ccc(F)c(Cl)c2)o1. The van der Waals surface area contributed by atoms with E-state index >= 15 is 0 Å². The van der Waals surface area contributed by atoms with E-state index in [2.05, 4.69) is 0 Å². The van der Waals surface area contributed by atoms with E-state index in [0.29, 0.717) is 23.5 Å². The molecule has 0 bridgehead atoms. The summed E-state index contributed by atoms with van der Waals surface area (Å²) in [6, 6.07) is 7.81. The molecule has 0 saturated heterocycles. The van der Waals surface area contributed by atoms with Gasteiger partial charge < -0.3 is 9.52 Å². The van der Waals surface area contributed by atoms with Crippen LogP contribution in [0.3, 0.4) is 0 Å². The lowest BCUT2D eigenvalue weighted by Crippen LogP contribution is -1.91. The van der Waals surface area contributed by atoms with E-state index < -0.39 is 11.9 Å². The van der Waals surface area contributed by atoms with Crippen molar-refractivity contribution in [3.63, 3.8) is 0 Å². The van der Waals surface area contributed by atoms with Gasteiger partial charge in [-0.3, -0.25) is 0 Å². The second-order valence-corrected chi connectivity index (χ2v) is 4.16. The summed E-state index contributed by atoms with van der Waals surface area (Å²) in [6.07, 6.45) is -0.0309. The van der Waals surface area contributed by atoms with Crippen molar-refractivity contribution in [3.05, 3.63) is 46.9 Å². The van der Waals surface area contributed by atoms with Crippen molar-refractivity contribution < 1.29 is 13.9 Å². The van der Waals surface area contributed by atoms with E-state index in [9.17, 15) is 9.50 Å². The third-order valence-corrected chi connectivity index (χ3v) is 2.84. The Morgan fingerprint density at radius 2 is 2.12 bits per heavy atom. The molecule has 0 amide bonds. The van der Waals surface area contributed by atoms with Crippen LogP contribution in [0.1, 0.15) is 25.2 Å². The zero-order valence-electron chi connectivity index (χ0n) is 9.28. The Morgan fingerprint density at radius 1 is 1.35 bits per heavy atom. The highest BCUT2D eigenvalue weighted by molar-refractivity contribution is 6.31. The number of hydrogen-bond donors (Lipinski definition) is 1. The number of furan rings is 1. The van der Waals surface area contributed by atoms with Gasteiger partial charge in [-0.1, -0.05) is 18.5 Å². The maximum Gasteiger partial charge on any atom is 0.141 e. The highest BCUT2D eigenvalue weighted by atomic mass is 35.5. The van der Waals surface area contributed by atoms with Crippen LogP contribution < -0.4 is 0 Å². The van der Waals surface area contributed by atoms with Gasteiger partial charge in [0.2, 0.25) is 0 Å². The first-order chi connectivity index (χ1) is 8.11. The molecule has 2 rings (SSSR count). The Labute approximate surface area is 104 Å². The van der Waals surface area contributed by atoms with Crippen LogP contribution in [-0.4, -0.2) is 5.11 Å². The number of hydrogen-bond acceptors (Lipinski definition) is 2. The molecule has 1 N–H and O–H groups in total. The summed E-state index contributed by atoms with van der Waals surface area (Å²) in [5.41, 5.74) is 0.686. The van der Waals surface area contributed by atoms with Crippen LogP contribution in [0, 0.1) is 5.82 Å². The van der Waals surface area contributed by atoms with Crippen LogP contribution in [0.2, 0.25) is 5.02 Å². The monoisotopic (exact) mass is 254 g/mol. The summed E-state index contributed by atoms with van der Waals surface area (Å²) in [4.78, 5) is 0. The molecular formula is C13H12ClFO2. The Morgan fingerprint density at radius 3 is 2.76 bits per heavy atom. The standard InChI is InChI=1S/C13H12ClFO2/c1-2-11(16)13-6-5-12(17-13)8-3-4-10(15)9(14)7-8/h3-7,11,16H,2H2,1H3. The predicted octanol–water partition coefficient (Wildman–Crippen LogP) is 4.18. The summed E-state index contributed by atoms with van der Waals surface area (Å²) in [6.45, 7) is 1.86. The van der Waals surface area contributed by atoms with Crippen molar-refractivity contribution in [2.45, 2.75) is 19.4 Å². The number of rotatable bonds is 3. The molecule has 4 heteroatoms. The van der Waals surface area contributed by atoms with Crippen LogP contribution in [0.25, 0.3) is 11.3 Å². The van der Waals surface area contributed by atoms with E-state index in [4.69, 9.17) is 16.0 Å². The van der Waals surface area contributed by atoms with E-state index in [0.717, 1.165) is 0 Å². The van der Waals surface area contributed by atoms with Gasteiger partial charge >= 0.3 is 0 Å². The summed E-state index contributed by atoms with van der Waals surface area (Å²) in [7, 11) is 0. The highest BCUT2D eigenvalue weighted by Gasteiger charge is 2.12. The summed E-state index contributed by atoms with van der Waals surface area (Å²) in [5, 5.41) is 9.66. The Hall–Kier alpha value is -1.32. The van der Waals surface area contributed by atoms with E-state index in [1.54, 1.807) is 18.2 Å². The molecule has 1 aromatic carbocycles. The van der Waals surface area contributed by atoms with Crippen molar-refractivity contribution in [1.82, 2.24) is 0 Å². The lowest BCUT2D eigenvalue weighted by Gasteiger charge is -2.03. The molecule has 0 aliphatic rings. The Kier molecular flexibility index (Phi) is 3.50. The quantitative estimate of drug-likeness (QED) is 0.891. The molecule has 2 nitrogen and oxygen atoms in total. The third-order valence-electron chi connectivity index (χ3n) is 2.55. The van der Waals surface area contributed by atoms with Crippen LogP contribution in [0.4, 0.5) is 4.39 Å². The number of halogens is 2. The molecule has 0 aliphatic heterocycles. The van der Waals surface area contributed by atoms with Gasteiger partial charge in [-0.05, 0) is 36.8 Å². The lowest BCUT2D eigenvalue weighted by atomic mass is 10.2. The number of aliphatic hydroxyl groups is 1. The fourth-order valence-corrected chi connectivity index (χ4v) is 1.72. The summed E-state index contributed by atoms with van der Waals surface area (Å²) >= 11 is 5.69.